The van der Waals surface area contributed by atoms with Crippen LogP contribution in [0, 0.1) is 39.9 Å². The number of rotatable bonds is 10. The number of alkyl halides is 3. The maximum Gasteiger partial charge on any atom is 0.449 e. The Bertz CT molecular complexity index is 991. The maximum atomic E-state index is 13.2. The summed E-state index contributed by atoms with van der Waals surface area (Å²) in [6.07, 6.45) is -2.49. The Morgan fingerprint density at radius 1 is 1.08 bits per heavy atom. The van der Waals surface area contributed by atoms with Gasteiger partial charge in [0.2, 0.25) is 23.5 Å². The third kappa shape index (κ3) is 7.23. The number of ketones is 1. The second-order valence-electron chi connectivity index (χ2n) is 12.8. The first-order chi connectivity index (χ1) is 16.9. The predicted molar refractivity (Wildman–Crippen MR) is 127 cm³/mol. The van der Waals surface area contributed by atoms with E-state index in [9.17, 15) is 37.6 Å². The van der Waals surface area contributed by atoms with E-state index in [1.54, 1.807) is 20.8 Å². The van der Waals surface area contributed by atoms with E-state index < -0.39 is 59.5 Å². The molecule has 3 N–H and O–H groups in total. The van der Waals surface area contributed by atoms with Crippen molar-refractivity contribution in [2.24, 2.45) is 28.6 Å². The highest BCUT2D eigenvalue weighted by atomic mass is 19.4. The zero-order chi connectivity index (χ0) is 28.0. The van der Waals surface area contributed by atoms with Crippen LogP contribution in [-0.2, 0) is 19.2 Å². The second kappa shape index (κ2) is 9.91. The highest BCUT2D eigenvalue weighted by Gasteiger charge is 2.53. The average molecular weight is 527 g/mol. The zero-order valence-corrected chi connectivity index (χ0v) is 22.1. The lowest BCUT2D eigenvalue weighted by Gasteiger charge is -2.31. The zero-order valence-electron chi connectivity index (χ0n) is 22.1. The minimum Gasteiger partial charge on any atom is -0.350 e. The third-order valence-corrected chi connectivity index (χ3v) is 8.18. The maximum absolute atomic E-state index is 13.2. The second-order valence-corrected chi connectivity index (χ2v) is 12.8. The summed E-state index contributed by atoms with van der Waals surface area (Å²) in [7, 11) is 0. The molecule has 0 radical (unpaired) electrons. The Morgan fingerprint density at radius 2 is 1.68 bits per heavy atom. The molecule has 37 heavy (non-hydrogen) atoms. The van der Waals surface area contributed by atoms with Crippen molar-refractivity contribution >= 4 is 23.5 Å². The first kappa shape index (κ1) is 28.9. The van der Waals surface area contributed by atoms with Crippen molar-refractivity contribution in [1.29, 1.82) is 5.26 Å². The Labute approximate surface area is 215 Å². The van der Waals surface area contributed by atoms with Crippen molar-refractivity contribution in [3.05, 3.63) is 0 Å². The summed E-state index contributed by atoms with van der Waals surface area (Å²) in [5.74, 6) is -5.20. The Balaban J connectivity index is 1.71. The van der Waals surface area contributed by atoms with Gasteiger partial charge in [-0.1, -0.05) is 34.6 Å². The SMILES string of the molecule is CC1(C)CC1C[C@H](NC(=O)[C@@H](CC(=O)C(F)(F)F)C(C)(C)C)C(=O)N[C@H](C#N)C[C@@H]1CC2(CC2)NC1=O. The van der Waals surface area contributed by atoms with E-state index in [4.69, 9.17) is 0 Å². The van der Waals surface area contributed by atoms with Gasteiger partial charge >= 0.3 is 6.18 Å². The van der Waals surface area contributed by atoms with Crippen LogP contribution < -0.4 is 16.0 Å². The van der Waals surface area contributed by atoms with Gasteiger partial charge in [0.15, 0.2) is 0 Å². The molecule has 0 aromatic heterocycles. The van der Waals surface area contributed by atoms with Crippen LogP contribution in [0.4, 0.5) is 13.2 Å². The summed E-state index contributed by atoms with van der Waals surface area (Å²) in [4.78, 5) is 50.4. The normalized spacial score (nSPS) is 25.9. The van der Waals surface area contributed by atoms with Gasteiger partial charge in [-0.3, -0.25) is 19.2 Å². The average Bonchev–Trinajstić information content (AvgIpc) is 3.61. The first-order valence-electron chi connectivity index (χ1n) is 12.8. The van der Waals surface area contributed by atoms with Crippen LogP contribution in [0.5, 0.6) is 0 Å². The van der Waals surface area contributed by atoms with Crippen LogP contribution in [0.2, 0.25) is 0 Å². The fourth-order valence-corrected chi connectivity index (χ4v) is 5.21. The lowest BCUT2D eigenvalue weighted by molar-refractivity contribution is -0.173. The van der Waals surface area contributed by atoms with E-state index in [1.807, 2.05) is 19.9 Å². The molecule has 3 aliphatic rings. The molecule has 3 rings (SSSR count). The number of nitriles is 1. The van der Waals surface area contributed by atoms with Gasteiger partial charge in [-0.2, -0.15) is 18.4 Å². The van der Waals surface area contributed by atoms with Crippen molar-refractivity contribution in [2.75, 3.05) is 0 Å². The van der Waals surface area contributed by atoms with Crippen molar-refractivity contribution < 1.29 is 32.3 Å². The van der Waals surface area contributed by atoms with E-state index in [0.29, 0.717) is 6.42 Å². The summed E-state index contributed by atoms with van der Waals surface area (Å²) in [6, 6.07) is -0.0366. The molecule has 8 nitrogen and oxygen atoms in total. The standard InChI is InChI=1S/C26H37F3N4O4/c1-23(2,3)17(10-19(34)26(27,28)29)21(36)32-18(9-15-12-24(15,4)5)22(37)31-16(13-30)8-14-11-25(6-7-25)33-20(14)35/h14-18H,6-12H2,1-5H3,(H,31,37)(H,32,36)(H,33,35)/t14-,15?,16+,17-,18+/m1/s1. The number of nitrogens with one attached hydrogen (secondary N) is 3. The van der Waals surface area contributed by atoms with Gasteiger partial charge in [0.25, 0.3) is 0 Å². The van der Waals surface area contributed by atoms with Crippen LogP contribution in [-0.4, -0.2) is 47.3 Å². The van der Waals surface area contributed by atoms with E-state index >= 15 is 0 Å². The van der Waals surface area contributed by atoms with Crippen molar-refractivity contribution in [3.63, 3.8) is 0 Å². The number of Topliss-reactive ketones (excluding diaryl/α,β-unsaturated/α-hetero) is 1. The number of nitrogens with zero attached hydrogens (tertiary/aromatic N) is 1. The number of hydrogen-bond donors (Lipinski definition) is 3. The number of carbonyl (C=O) groups excluding carboxylic acids is 4. The van der Waals surface area contributed by atoms with Gasteiger partial charge in [-0.25, -0.2) is 0 Å². The summed E-state index contributed by atoms with van der Waals surface area (Å²) >= 11 is 0. The lowest BCUT2D eigenvalue weighted by Crippen LogP contribution is -2.53. The number of amides is 3. The lowest BCUT2D eigenvalue weighted by atomic mass is 9.77. The van der Waals surface area contributed by atoms with Gasteiger partial charge in [0, 0.05) is 17.9 Å². The fourth-order valence-electron chi connectivity index (χ4n) is 5.21. The Kier molecular flexibility index (Phi) is 7.75. The van der Waals surface area contributed by atoms with Crippen molar-refractivity contribution in [1.82, 2.24) is 16.0 Å². The molecule has 3 amide bonds. The quantitative estimate of drug-likeness (QED) is 0.403. The Hall–Kier alpha value is -2.64. The molecule has 1 heterocycles. The van der Waals surface area contributed by atoms with Gasteiger partial charge in [-0.15, -0.1) is 0 Å². The van der Waals surface area contributed by atoms with Crippen LogP contribution >= 0.6 is 0 Å². The molecule has 0 aromatic rings. The monoisotopic (exact) mass is 526 g/mol. The van der Waals surface area contributed by atoms with Crippen LogP contribution in [0.25, 0.3) is 0 Å². The minimum atomic E-state index is -5.07. The molecule has 5 atom stereocenters. The van der Waals surface area contributed by atoms with Gasteiger partial charge in [0.05, 0.1) is 12.0 Å². The molecule has 1 aliphatic heterocycles. The topological polar surface area (TPSA) is 128 Å². The van der Waals surface area contributed by atoms with Crippen molar-refractivity contribution in [3.8, 4) is 6.07 Å². The minimum absolute atomic E-state index is 0.0475. The fraction of sp³-hybridized carbons (Fsp3) is 0.808. The molecule has 0 bridgehead atoms. The summed E-state index contributed by atoms with van der Waals surface area (Å²) < 4.78 is 38.8. The first-order valence-corrected chi connectivity index (χ1v) is 12.8. The molecule has 1 spiro atoms. The molecule has 1 saturated heterocycles. The molecule has 11 heteroatoms. The summed E-state index contributed by atoms with van der Waals surface area (Å²) in [5.41, 5.74) is -1.20. The summed E-state index contributed by atoms with van der Waals surface area (Å²) in [6.45, 7) is 8.71. The van der Waals surface area contributed by atoms with E-state index in [1.165, 1.54) is 0 Å². The third-order valence-electron chi connectivity index (χ3n) is 8.18. The molecule has 2 saturated carbocycles. The molecule has 0 aromatic carbocycles. The van der Waals surface area contributed by atoms with Gasteiger partial charge < -0.3 is 16.0 Å². The van der Waals surface area contributed by atoms with Crippen molar-refractivity contribution in [2.45, 2.75) is 103 Å². The summed E-state index contributed by atoms with van der Waals surface area (Å²) in [5, 5.41) is 17.8. The smallest absolute Gasteiger partial charge is 0.350 e. The van der Waals surface area contributed by atoms with Crippen LogP contribution in [0.1, 0.15) is 79.6 Å². The number of halogens is 3. The van der Waals surface area contributed by atoms with Crippen LogP contribution in [0.3, 0.4) is 0 Å². The largest absolute Gasteiger partial charge is 0.449 e. The predicted octanol–water partition coefficient (Wildman–Crippen LogP) is 3.16. The highest BCUT2D eigenvalue weighted by Crippen LogP contribution is 2.54. The van der Waals surface area contributed by atoms with Gasteiger partial charge in [0.1, 0.15) is 12.1 Å². The molecule has 2 aliphatic carbocycles. The molecular formula is C26H37F3N4O4. The van der Waals surface area contributed by atoms with E-state index in [2.05, 4.69) is 16.0 Å². The van der Waals surface area contributed by atoms with Gasteiger partial charge in [-0.05, 0) is 55.3 Å². The number of hydrogen-bond acceptors (Lipinski definition) is 5. The molecule has 3 fully saturated rings. The highest BCUT2D eigenvalue weighted by molar-refractivity contribution is 5.93. The van der Waals surface area contributed by atoms with E-state index in [-0.39, 0.29) is 35.6 Å². The molecule has 1 unspecified atom stereocenters. The van der Waals surface area contributed by atoms with Crippen LogP contribution in [0.15, 0.2) is 0 Å². The number of carbonyl (C=O) groups is 4. The molecule has 206 valence electrons. The van der Waals surface area contributed by atoms with E-state index in [0.717, 1.165) is 19.3 Å². The Morgan fingerprint density at radius 3 is 2.11 bits per heavy atom. The molecular weight excluding hydrogens is 489 g/mol.